The van der Waals surface area contributed by atoms with Gasteiger partial charge in [-0.15, -0.1) is 0 Å². The van der Waals surface area contributed by atoms with Crippen molar-refractivity contribution < 1.29 is 19.2 Å². The second kappa shape index (κ2) is 5.20. The van der Waals surface area contributed by atoms with Crippen LogP contribution in [-0.2, 0) is 0 Å². The van der Waals surface area contributed by atoms with Crippen molar-refractivity contribution in [2.75, 3.05) is 6.61 Å². The van der Waals surface area contributed by atoms with Crippen LogP contribution in [0, 0.1) is 10.1 Å². The molecule has 6 heteroatoms. The summed E-state index contributed by atoms with van der Waals surface area (Å²) in [5.41, 5.74) is -0.324. The van der Waals surface area contributed by atoms with E-state index >= 15 is 0 Å². The van der Waals surface area contributed by atoms with Gasteiger partial charge < -0.3 is 4.74 Å². The molecule has 0 fully saturated rings. The van der Waals surface area contributed by atoms with Gasteiger partial charge >= 0.3 is 0 Å². The number of ketones is 1. The molecule has 1 aromatic carbocycles. The highest BCUT2D eigenvalue weighted by Gasteiger charge is 2.21. The molecule has 0 atom stereocenters. The topological polar surface area (TPSA) is 86.5 Å². The van der Waals surface area contributed by atoms with E-state index in [4.69, 9.17) is 4.74 Å². The van der Waals surface area contributed by atoms with Crippen LogP contribution in [0.15, 0.2) is 12.1 Å². The second-order valence-electron chi connectivity index (χ2n) is 3.27. The number of rotatable bonds is 5. The average Bonchev–Trinajstić information content (AvgIpc) is 2.28. The highest BCUT2D eigenvalue weighted by Crippen LogP contribution is 2.28. The van der Waals surface area contributed by atoms with Crippen molar-refractivity contribution in [2.24, 2.45) is 0 Å². The van der Waals surface area contributed by atoms with E-state index in [9.17, 15) is 19.7 Å². The zero-order valence-corrected chi connectivity index (χ0v) is 9.43. The van der Waals surface area contributed by atoms with Gasteiger partial charge in [-0.1, -0.05) is 0 Å². The summed E-state index contributed by atoms with van der Waals surface area (Å²) in [4.78, 5) is 32.2. The van der Waals surface area contributed by atoms with E-state index in [1.165, 1.54) is 13.0 Å². The lowest BCUT2D eigenvalue weighted by atomic mass is 10.1. The van der Waals surface area contributed by atoms with E-state index in [1.807, 2.05) is 0 Å². The van der Waals surface area contributed by atoms with Gasteiger partial charge in [0.15, 0.2) is 12.1 Å². The Morgan fingerprint density at radius 3 is 2.59 bits per heavy atom. The minimum atomic E-state index is -0.673. The van der Waals surface area contributed by atoms with Crippen LogP contribution in [0.3, 0.4) is 0 Å². The molecular weight excluding hydrogens is 226 g/mol. The lowest BCUT2D eigenvalue weighted by molar-refractivity contribution is -0.385. The number of hydrogen-bond acceptors (Lipinski definition) is 5. The molecule has 17 heavy (non-hydrogen) atoms. The van der Waals surface area contributed by atoms with Crippen molar-refractivity contribution in [3.8, 4) is 5.75 Å². The maximum atomic E-state index is 11.2. The summed E-state index contributed by atoms with van der Waals surface area (Å²) < 4.78 is 5.11. The molecule has 0 heterocycles. The van der Waals surface area contributed by atoms with Gasteiger partial charge in [0, 0.05) is 0 Å². The largest absolute Gasteiger partial charge is 0.493 e. The third-order valence-electron chi connectivity index (χ3n) is 2.13. The van der Waals surface area contributed by atoms with Gasteiger partial charge in [0.25, 0.3) is 5.69 Å². The lowest BCUT2D eigenvalue weighted by Gasteiger charge is -2.07. The fourth-order valence-electron chi connectivity index (χ4n) is 1.39. The Morgan fingerprint density at radius 1 is 1.53 bits per heavy atom. The minimum Gasteiger partial charge on any atom is -0.493 e. The maximum Gasteiger partial charge on any atom is 0.283 e. The number of Topliss-reactive ketones (excluding diaryl/α,β-unsaturated/α-hetero) is 1. The third-order valence-corrected chi connectivity index (χ3v) is 2.13. The van der Waals surface area contributed by atoms with Gasteiger partial charge in [-0.25, -0.2) is 0 Å². The molecule has 0 bridgehead atoms. The number of nitrogens with zero attached hydrogens (tertiary/aromatic N) is 1. The molecule has 0 spiro atoms. The molecule has 6 nitrogen and oxygen atoms in total. The monoisotopic (exact) mass is 237 g/mol. The van der Waals surface area contributed by atoms with Crippen LogP contribution in [0.1, 0.15) is 34.6 Å². The molecule has 0 radical (unpaired) electrons. The summed E-state index contributed by atoms with van der Waals surface area (Å²) in [6.45, 7) is 3.17. The number of benzene rings is 1. The fraction of sp³-hybridized carbons (Fsp3) is 0.273. The zero-order chi connectivity index (χ0) is 13.0. The summed E-state index contributed by atoms with van der Waals surface area (Å²) in [6.07, 6.45) is 0.501. The molecular formula is C11H11NO5. The standard InChI is InChI=1S/C11H11NO5/c1-3-17-11-5-10(12(15)16)9(7(2)14)4-8(11)6-13/h4-6H,3H2,1-2H3. The molecule has 1 aromatic rings. The van der Waals surface area contributed by atoms with E-state index in [-0.39, 0.29) is 29.2 Å². The number of nitro benzene ring substituents is 1. The van der Waals surface area contributed by atoms with Crippen LogP contribution in [0.4, 0.5) is 5.69 Å². The van der Waals surface area contributed by atoms with Crippen LogP contribution >= 0.6 is 0 Å². The van der Waals surface area contributed by atoms with Crippen LogP contribution in [0.5, 0.6) is 5.75 Å². The van der Waals surface area contributed by atoms with Gasteiger partial charge in [0.2, 0.25) is 0 Å². The first kappa shape index (κ1) is 12.8. The van der Waals surface area contributed by atoms with Crippen LogP contribution in [-0.4, -0.2) is 23.6 Å². The summed E-state index contributed by atoms with van der Waals surface area (Å²) in [6, 6.07) is 2.28. The van der Waals surface area contributed by atoms with Crippen molar-refractivity contribution in [1.29, 1.82) is 0 Å². The molecule has 0 aromatic heterocycles. The first-order valence-electron chi connectivity index (χ1n) is 4.92. The van der Waals surface area contributed by atoms with Crippen molar-refractivity contribution >= 4 is 17.8 Å². The van der Waals surface area contributed by atoms with Crippen LogP contribution in [0.25, 0.3) is 0 Å². The number of aldehydes is 1. The third kappa shape index (κ3) is 2.66. The Morgan fingerprint density at radius 2 is 2.18 bits per heavy atom. The van der Waals surface area contributed by atoms with Gasteiger partial charge in [0.05, 0.1) is 28.7 Å². The van der Waals surface area contributed by atoms with Crippen molar-refractivity contribution in [3.63, 3.8) is 0 Å². The molecule has 0 amide bonds. The van der Waals surface area contributed by atoms with Crippen molar-refractivity contribution in [3.05, 3.63) is 33.4 Å². The van der Waals surface area contributed by atoms with Gasteiger partial charge in [-0.05, 0) is 19.9 Å². The Bertz CT molecular complexity index is 481. The quantitative estimate of drug-likeness (QED) is 0.338. The Balaban J connectivity index is 3.47. The predicted molar refractivity (Wildman–Crippen MR) is 59.7 cm³/mol. The van der Waals surface area contributed by atoms with Gasteiger partial charge in [0.1, 0.15) is 5.75 Å². The second-order valence-corrected chi connectivity index (χ2v) is 3.27. The number of carbonyl (C=O) groups excluding carboxylic acids is 2. The molecule has 0 saturated heterocycles. The maximum absolute atomic E-state index is 11.2. The van der Waals surface area contributed by atoms with E-state index in [0.717, 1.165) is 6.07 Å². The van der Waals surface area contributed by atoms with Crippen LogP contribution < -0.4 is 4.74 Å². The number of hydrogen-bond donors (Lipinski definition) is 0. The smallest absolute Gasteiger partial charge is 0.283 e. The van der Waals surface area contributed by atoms with Gasteiger partial charge in [-0.3, -0.25) is 19.7 Å². The Labute approximate surface area is 97.3 Å². The molecule has 90 valence electrons. The average molecular weight is 237 g/mol. The molecule has 0 aliphatic heterocycles. The first-order valence-corrected chi connectivity index (χ1v) is 4.92. The molecule has 0 saturated carbocycles. The number of carbonyl (C=O) groups is 2. The predicted octanol–water partition coefficient (Wildman–Crippen LogP) is 2.01. The first-order chi connectivity index (χ1) is 8.01. The van der Waals surface area contributed by atoms with Gasteiger partial charge in [-0.2, -0.15) is 0 Å². The Kier molecular flexibility index (Phi) is 3.92. The van der Waals surface area contributed by atoms with Crippen molar-refractivity contribution in [1.82, 2.24) is 0 Å². The van der Waals surface area contributed by atoms with E-state index in [1.54, 1.807) is 6.92 Å². The molecule has 0 unspecified atom stereocenters. The molecule has 0 aliphatic rings. The molecule has 0 N–H and O–H groups in total. The molecule has 0 aliphatic carbocycles. The summed E-state index contributed by atoms with van der Waals surface area (Å²) in [5.74, 6) is -0.359. The highest BCUT2D eigenvalue weighted by molar-refractivity contribution is 6.00. The summed E-state index contributed by atoms with van der Waals surface area (Å²) >= 11 is 0. The lowest BCUT2D eigenvalue weighted by Crippen LogP contribution is -2.04. The fourth-order valence-corrected chi connectivity index (χ4v) is 1.39. The number of nitro groups is 1. The van der Waals surface area contributed by atoms with Crippen molar-refractivity contribution in [2.45, 2.75) is 13.8 Å². The summed E-state index contributed by atoms with van der Waals surface area (Å²) in [5, 5.41) is 10.8. The van der Waals surface area contributed by atoms with E-state index < -0.39 is 10.7 Å². The Hall–Kier alpha value is -2.24. The SMILES string of the molecule is CCOc1cc([N+](=O)[O-])c(C(C)=O)cc1C=O. The minimum absolute atomic E-state index is 0.0967. The van der Waals surface area contributed by atoms with E-state index in [0.29, 0.717) is 6.29 Å². The molecule has 1 rings (SSSR count). The number of ether oxygens (including phenoxy) is 1. The summed E-state index contributed by atoms with van der Waals surface area (Å²) in [7, 11) is 0. The highest BCUT2D eigenvalue weighted by atomic mass is 16.6. The van der Waals surface area contributed by atoms with Crippen LogP contribution in [0.2, 0.25) is 0 Å². The normalized spacial score (nSPS) is 9.76. The zero-order valence-electron chi connectivity index (χ0n) is 9.43. The van der Waals surface area contributed by atoms with E-state index in [2.05, 4.69) is 0 Å².